The Hall–Kier alpha value is -2.72. The molecular formula is C18H16ClF3N2O4S. The number of sulfonamides is 1. The third-order valence-electron chi connectivity index (χ3n) is 3.46. The number of carbonyl (C=O) groups is 1. The van der Waals surface area contributed by atoms with Gasteiger partial charge in [0, 0.05) is 12.2 Å². The van der Waals surface area contributed by atoms with Crippen molar-refractivity contribution >= 4 is 33.2 Å². The van der Waals surface area contributed by atoms with E-state index in [1.807, 2.05) is 0 Å². The molecule has 0 spiro atoms. The maximum Gasteiger partial charge on any atom is 0.416 e. The van der Waals surface area contributed by atoms with Gasteiger partial charge in [0.15, 0.2) is 6.61 Å². The maximum absolute atomic E-state index is 12.8. The molecule has 156 valence electrons. The summed E-state index contributed by atoms with van der Waals surface area (Å²) >= 11 is 6.00. The van der Waals surface area contributed by atoms with Crippen molar-refractivity contribution < 1.29 is 31.1 Å². The zero-order valence-corrected chi connectivity index (χ0v) is 16.4. The number of amides is 1. The maximum atomic E-state index is 12.8. The fourth-order valence-electron chi connectivity index (χ4n) is 2.12. The van der Waals surface area contributed by atoms with Crippen LogP contribution in [0.2, 0.25) is 5.02 Å². The number of benzene rings is 2. The predicted molar refractivity (Wildman–Crippen MR) is 102 cm³/mol. The second kappa shape index (κ2) is 9.19. The molecule has 2 aromatic carbocycles. The molecular weight excluding hydrogens is 433 g/mol. The van der Waals surface area contributed by atoms with E-state index in [1.54, 1.807) is 0 Å². The largest absolute Gasteiger partial charge is 0.482 e. The van der Waals surface area contributed by atoms with E-state index in [0.29, 0.717) is 6.07 Å². The minimum absolute atomic E-state index is 0.0680. The normalized spacial score (nSPS) is 11.6. The van der Waals surface area contributed by atoms with Crippen LogP contribution in [-0.2, 0) is 21.0 Å². The molecule has 0 aliphatic rings. The fourth-order valence-corrected chi connectivity index (χ4v) is 3.49. The first kappa shape index (κ1) is 22.6. The van der Waals surface area contributed by atoms with E-state index < -0.39 is 27.7 Å². The van der Waals surface area contributed by atoms with Crippen molar-refractivity contribution in [3.05, 3.63) is 65.7 Å². The van der Waals surface area contributed by atoms with Crippen molar-refractivity contribution in [1.29, 1.82) is 0 Å². The first-order chi connectivity index (χ1) is 13.5. The highest BCUT2D eigenvalue weighted by atomic mass is 35.5. The summed E-state index contributed by atoms with van der Waals surface area (Å²) in [6.45, 7) is 3.36. The highest BCUT2D eigenvalue weighted by Gasteiger charge is 2.30. The van der Waals surface area contributed by atoms with Crippen molar-refractivity contribution in [2.24, 2.45) is 0 Å². The average molecular weight is 449 g/mol. The summed E-state index contributed by atoms with van der Waals surface area (Å²) in [6.07, 6.45) is -3.12. The molecule has 2 aromatic rings. The molecule has 0 atom stereocenters. The number of hydrogen-bond donors (Lipinski definition) is 2. The third-order valence-corrected chi connectivity index (χ3v) is 5.13. The standard InChI is InChI=1S/C18H16ClF3N2O4S/c1-2-8-23-17(25)11-28-16-7-6-14(10-15(16)19)29(26,27)24-13-5-3-4-12(9-13)18(20,21)22/h2-7,9-10,24H,1,8,11H2,(H,23,25). The Morgan fingerprint density at radius 2 is 1.93 bits per heavy atom. The Balaban J connectivity index is 2.14. The van der Waals surface area contributed by atoms with E-state index in [1.165, 1.54) is 18.2 Å². The van der Waals surface area contributed by atoms with Crippen LogP contribution in [0.3, 0.4) is 0 Å². The summed E-state index contributed by atoms with van der Waals surface area (Å²) in [6, 6.07) is 7.23. The van der Waals surface area contributed by atoms with Gasteiger partial charge in [0.25, 0.3) is 15.9 Å². The number of anilines is 1. The van der Waals surface area contributed by atoms with Crippen molar-refractivity contribution in [2.75, 3.05) is 17.9 Å². The quantitative estimate of drug-likeness (QED) is 0.601. The first-order valence-electron chi connectivity index (χ1n) is 8.03. The molecule has 0 fully saturated rings. The molecule has 2 N–H and O–H groups in total. The Morgan fingerprint density at radius 3 is 2.55 bits per heavy atom. The lowest BCUT2D eigenvalue weighted by atomic mass is 10.2. The van der Waals surface area contributed by atoms with E-state index >= 15 is 0 Å². The lowest BCUT2D eigenvalue weighted by Gasteiger charge is -2.13. The molecule has 11 heteroatoms. The summed E-state index contributed by atoms with van der Waals surface area (Å²) in [7, 11) is -4.21. The topological polar surface area (TPSA) is 84.5 Å². The molecule has 0 heterocycles. The zero-order valence-electron chi connectivity index (χ0n) is 14.8. The number of nitrogens with one attached hydrogen (secondary N) is 2. The van der Waals surface area contributed by atoms with Crippen LogP contribution >= 0.6 is 11.6 Å². The van der Waals surface area contributed by atoms with Gasteiger partial charge in [0.1, 0.15) is 5.75 Å². The first-order valence-corrected chi connectivity index (χ1v) is 9.89. The molecule has 0 aliphatic heterocycles. The molecule has 29 heavy (non-hydrogen) atoms. The van der Waals surface area contributed by atoms with Gasteiger partial charge in [0.2, 0.25) is 0 Å². The smallest absolute Gasteiger partial charge is 0.416 e. The minimum atomic E-state index is -4.61. The Labute approximate surface area is 170 Å². The molecule has 0 saturated carbocycles. The highest BCUT2D eigenvalue weighted by molar-refractivity contribution is 7.92. The van der Waals surface area contributed by atoms with Crippen molar-refractivity contribution in [1.82, 2.24) is 5.32 Å². The van der Waals surface area contributed by atoms with Gasteiger partial charge in [-0.25, -0.2) is 8.42 Å². The van der Waals surface area contributed by atoms with E-state index in [2.05, 4.69) is 16.6 Å². The van der Waals surface area contributed by atoms with Gasteiger partial charge >= 0.3 is 6.18 Å². The van der Waals surface area contributed by atoms with Gasteiger partial charge in [0.05, 0.1) is 15.5 Å². The molecule has 0 bridgehead atoms. The number of halogens is 4. The summed E-state index contributed by atoms with van der Waals surface area (Å²) in [5.74, 6) is -0.359. The molecule has 0 aliphatic carbocycles. The summed E-state index contributed by atoms with van der Waals surface area (Å²) in [4.78, 5) is 11.2. The van der Waals surface area contributed by atoms with Gasteiger partial charge in [-0.1, -0.05) is 23.7 Å². The SMILES string of the molecule is C=CCNC(=O)COc1ccc(S(=O)(=O)Nc2cccc(C(F)(F)F)c2)cc1Cl. The number of rotatable bonds is 8. The number of alkyl halides is 3. The number of carbonyl (C=O) groups excluding carboxylic acids is 1. The van der Waals surface area contributed by atoms with Gasteiger partial charge in [-0.15, -0.1) is 6.58 Å². The van der Waals surface area contributed by atoms with Crippen molar-refractivity contribution in [3.8, 4) is 5.75 Å². The lowest BCUT2D eigenvalue weighted by molar-refractivity contribution is -0.137. The molecule has 6 nitrogen and oxygen atoms in total. The van der Waals surface area contributed by atoms with Gasteiger partial charge in [-0.3, -0.25) is 9.52 Å². The minimum Gasteiger partial charge on any atom is -0.482 e. The van der Waals surface area contributed by atoms with Crippen LogP contribution in [0.25, 0.3) is 0 Å². The second-order valence-electron chi connectivity index (χ2n) is 5.66. The monoisotopic (exact) mass is 448 g/mol. The van der Waals surface area contributed by atoms with E-state index in [9.17, 15) is 26.4 Å². The second-order valence-corrected chi connectivity index (χ2v) is 7.75. The van der Waals surface area contributed by atoms with E-state index in [4.69, 9.17) is 16.3 Å². The van der Waals surface area contributed by atoms with Crippen LogP contribution in [-0.4, -0.2) is 27.5 Å². The fraction of sp³-hybridized carbons (Fsp3) is 0.167. The van der Waals surface area contributed by atoms with Crippen LogP contribution < -0.4 is 14.8 Å². The number of hydrogen-bond acceptors (Lipinski definition) is 4. The van der Waals surface area contributed by atoms with Gasteiger partial charge in [-0.05, 0) is 36.4 Å². The Morgan fingerprint density at radius 1 is 1.21 bits per heavy atom. The third kappa shape index (κ3) is 6.40. The van der Waals surface area contributed by atoms with Crippen LogP contribution in [0.4, 0.5) is 18.9 Å². The summed E-state index contributed by atoms with van der Waals surface area (Å²) < 4.78 is 70.5. The van der Waals surface area contributed by atoms with Gasteiger partial charge < -0.3 is 10.1 Å². The molecule has 0 radical (unpaired) electrons. The van der Waals surface area contributed by atoms with Crippen LogP contribution in [0.15, 0.2) is 60.0 Å². The molecule has 2 rings (SSSR count). The Bertz CT molecular complexity index is 1010. The van der Waals surface area contributed by atoms with Gasteiger partial charge in [-0.2, -0.15) is 13.2 Å². The lowest BCUT2D eigenvalue weighted by Crippen LogP contribution is -2.28. The highest BCUT2D eigenvalue weighted by Crippen LogP contribution is 2.32. The zero-order chi connectivity index (χ0) is 21.7. The molecule has 0 saturated heterocycles. The van der Waals surface area contributed by atoms with Crippen molar-refractivity contribution in [3.63, 3.8) is 0 Å². The summed E-state index contributed by atoms with van der Waals surface area (Å²) in [5, 5.41) is 2.40. The molecule has 0 aromatic heterocycles. The Kier molecular flexibility index (Phi) is 7.15. The van der Waals surface area contributed by atoms with Crippen LogP contribution in [0.1, 0.15) is 5.56 Å². The average Bonchev–Trinajstić information content (AvgIpc) is 2.64. The van der Waals surface area contributed by atoms with E-state index in [0.717, 1.165) is 24.3 Å². The van der Waals surface area contributed by atoms with Crippen LogP contribution in [0, 0.1) is 0 Å². The summed E-state index contributed by atoms with van der Waals surface area (Å²) in [5.41, 5.74) is -1.25. The van der Waals surface area contributed by atoms with Crippen molar-refractivity contribution in [2.45, 2.75) is 11.1 Å². The van der Waals surface area contributed by atoms with E-state index in [-0.39, 0.29) is 34.5 Å². The predicted octanol–water partition coefficient (Wildman–Crippen LogP) is 3.84. The molecule has 1 amide bonds. The number of ether oxygens (including phenoxy) is 1. The van der Waals surface area contributed by atoms with Crippen LogP contribution in [0.5, 0.6) is 5.75 Å². The molecule has 0 unspecified atom stereocenters.